The zero-order chi connectivity index (χ0) is 24.3. The number of aliphatic hydroxyl groups is 1. The summed E-state index contributed by atoms with van der Waals surface area (Å²) in [6.45, 7) is 4.44. The highest BCUT2D eigenvalue weighted by Gasteiger charge is 2.62. The molecule has 4 aliphatic rings. The molecule has 4 atom stereocenters. The van der Waals surface area contributed by atoms with Crippen LogP contribution in [0, 0.1) is 5.41 Å². The largest absolute Gasteiger partial charge is 0.393 e. The van der Waals surface area contributed by atoms with E-state index in [1.54, 1.807) is 6.20 Å². The lowest BCUT2D eigenvalue weighted by Gasteiger charge is -2.72. The van der Waals surface area contributed by atoms with E-state index in [1.165, 1.54) is 19.1 Å². The molecule has 0 radical (unpaired) electrons. The van der Waals surface area contributed by atoms with Gasteiger partial charge in [0.2, 0.25) is 0 Å². The second-order valence-electron chi connectivity index (χ2n) is 11.1. The maximum Gasteiger partial charge on any atom is 0.151 e. The van der Waals surface area contributed by atoms with Crippen molar-refractivity contribution in [2.75, 3.05) is 11.1 Å². The smallest absolute Gasteiger partial charge is 0.151 e. The van der Waals surface area contributed by atoms with Gasteiger partial charge in [-0.05, 0) is 58.3 Å². The van der Waals surface area contributed by atoms with E-state index in [9.17, 15) is 5.11 Å². The summed E-state index contributed by atoms with van der Waals surface area (Å²) in [5.41, 5.74) is 10.2. The fourth-order valence-corrected chi connectivity index (χ4v) is 7.10. The number of pyridine rings is 1. The van der Waals surface area contributed by atoms with Crippen molar-refractivity contribution in [1.29, 1.82) is 5.41 Å². The van der Waals surface area contributed by atoms with Gasteiger partial charge in [0.1, 0.15) is 16.9 Å². The second-order valence-corrected chi connectivity index (χ2v) is 11.1. The number of piperidine rings is 2. The highest BCUT2D eigenvalue weighted by atomic mass is 16.3. The quantitative estimate of drug-likeness (QED) is 0.385. The number of aliphatic hydroxyl groups excluding tert-OH is 1. The van der Waals surface area contributed by atoms with Gasteiger partial charge < -0.3 is 26.9 Å². The molecule has 2 aromatic rings. The van der Waals surface area contributed by atoms with Crippen LogP contribution < -0.4 is 16.4 Å². The number of fused-ring (bicyclic) bond motifs is 1. The Morgan fingerprint density at radius 2 is 1.97 bits per heavy atom. The monoisotopic (exact) mass is 476 g/mol. The molecular formula is C26H36N8O. The Balaban J connectivity index is 1.29. The SMILES string of the molecule is CCc1nc2c(N)ncc(/C(C=N)=C/NC3CC4CC5(C)CC(C3)N45)c2nc1N[C@@H]1CC[C@H](O)C1. The number of hydrogen-bond acceptors (Lipinski definition) is 9. The number of hydrogen-bond donors (Lipinski definition) is 5. The van der Waals surface area contributed by atoms with Crippen molar-refractivity contribution < 1.29 is 5.11 Å². The van der Waals surface area contributed by atoms with Gasteiger partial charge in [-0.3, -0.25) is 4.90 Å². The van der Waals surface area contributed by atoms with Gasteiger partial charge in [-0.2, -0.15) is 0 Å². The molecule has 3 saturated heterocycles. The van der Waals surface area contributed by atoms with Crippen LogP contribution in [0.4, 0.5) is 11.6 Å². The average molecular weight is 477 g/mol. The topological polar surface area (TPSA) is 136 Å². The van der Waals surface area contributed by atoms with E-state index in [1.807, 2.05) is 13.1 Å². The molecule has 6 rings (SSSR count). The molecule has 0 amide bonds. The molecular weight excluding hydrogens is 440 g/mol. The van der Waals surface area contributed by atoms with Crippen molar-refractivity contribution in [2.24, 2.45) is 0 Å². The zero-order valence-electron chi connectivity index (χ0n) is 20.6. The summed E-state index contributed by atoms with van der Waals surface area (Å²) < 4.78 is 0. The summed E-state index contributed by atoms with van der Waals surface area (Å²) in [4.78, 5) is 16.9. The van der Waals surface area contributed by atoms with Gasteiger partial charge in [-0.25, -0.2) is 15.0 Å². The van der Waals surface area contributed by atoms with E-state index in [0.717, 1.165) is 48.3 Å². The first-order valence-corrected chi connectivity index (χ1v) is 13.0. The van der Waals surface area contributed by atoms with Crippen LogP contribution in [-0.2, 0) is 6.42 Å². The van der Waals surface area contributed by atoms with Crippen molar-refractivity contribution in [2.45, 2.75) is 101 Å². The minimum Gasteiger partial charge on any atom is -0.393 e. The molecule has 0 bridgehead atoms. The predicted molar refractivity (Wildman–Crippen MR) is 138 cm³/mol. The Labute approximate surface area is 206 Å². The zero-order valence-corrected chi connectivity index (χ0v) is 20.6. The minimum atomic E-state index is -0.264. The number of aryl methyl sites for hydroxylation is 1. The molecule has 9 nitrogen and oxygen atoms in total. The fraction of sp³-hybridized carbons (Fsp3) is 0.615. The van der Waals surface area contributed by atoms with Gasteiger partial charge in [0.25, 0.3) is 0 Å². The van der Waals surface area contributed by atoms with E-state index >= 15 is 0 Å². The third-order valence-corrected chi connectivity index (χ3v) is 8.69. The Bertz CT molecular complexity index is 1180. The highest BCUT2D eigenvalue weighted by Crippen LogP contribution is 2.56. The summed E-state index contributed by atoms with van der Waals surface area (Å²) >= 11 is 0. The minimum absolute atomic E-state index is 0.176. The van der Waals surface area contributed by atoms with Crippen molar-refractivity contribution in [3.63, 3.8) is 0 Å². The molecule has 9 heteroatoms. The standard InChI is InChI=1S/C26H36N8O/c1-3-21-25(31-15-4-5-19(35)8-15)33-22-20(13-30-24(28)23(22)32-21)14(11-27)12-29-16-6-17-9-26(2)10-18(7-16)34(17)26/h11-13,15-19,27,29,35H,3-10H2,1-2H3,(H2,28,30)(H,31,33)/b14-12+,27-11?/t15-,16?,17?,18?,19+,26?/m1/s1. The van der Waals surface area contributed by atoms with E-state index in [2.05, 4.69) is 27.4 Å². The van der Waals surface area contributed by atoms with Crippen LogP contribution in [0.1, 0.15) is 70.1 Å². The third-order valence-electron chi connectivity index (χ3n) is 8.69. The van der Waals surface area contributed by atoms with Gasteiger partial charge in [0, 0.05) is 59.5 Å². The summed E-state index contributed by atoms with van der Waals surface area (Å²) in [5.74, 6) is 1.07. The van der Waals surface area contributed by atoms with Crippen molar-refractivity contribution in [3.8, 4) is 0 Å². The third kappa shape index (κ3) is 3.76. The van der Waals surface area contributed by atoms with E-state index < -0.39 is 0 Å². The molecule has 2 aromatic heterocycles. The van der Waals surface area contributed by atoms with Crippen molar-refractivity contribution in [3.05, 3.63) is 23.7 Å². The first-order valence-electron chi connectivity index (χ1n) is 13.0. The molecule has 5 heterocycles. The maximum atomic E-state index is 9.95. The summed E-state index contributed by atoms with van der Waals surface area (Å²) in [6, 6.07) is 1.98. The van der Waals surface area contributed by atoms with Crippen molar-refractivity contribution in [1.82, 2.24) is 25.2 Å². The Hall–Kier alpha value is -2.78. The molecule has 0 spiro atoms. The molecule has 1 aliphatic carbocycles. The normalized spacial score (nSPS) is 34.1. The second kappa shape index (κ2) is 8.41. The number of aromatic nitrogens is 3. The molecule has 4 fully saturated rings. The molecule has 1 saturated carbocycles. The number of nitrogens with zero attached hydrogens (tertiary/aromatic N) is 4. The summed E-state index contributed by atoms with van der Waals surface area (Å²) in [6.07, 6.45) is 12.8. The number of anilines is 2. The van der Waals surface area contributed by atoms with Crippen LogP contribution in [0.15, 0.2) is 12.4 Å². The van der Waals surface area contributed by atoms with Crippen LogP contribution in [0.2, 0.25) is 0 Å². The molecule has 6 N–H and O–H groups in total. The van der Waals surface area contributed by atoms with Crippen LogP contribution >= 0.6 is 0 Å². The summed E-state index contributed by atoms with van der Waals surface area (Å²) in [5, 5.41) is 25.2. The predicted octanol–water partition coefficient (Wildman–Crippen LogP) is 2.84. The van der Waals surface area contributed by atoms with Crippen LogP contribution in [0.25, 0.3) is 16.6 Å². The molecule has 0 aromatic carbocycles. The Kier molecular flexibility index (Phi) is 5.45. The number of nitrogens with one attached hydrogen (secondary N) is 3. The Morgan fingerprint density at radius 3 is 2.60 bits per heavy atom. The first-order chi connectivity index (χ1) is 16.9. The number of allylic oxidation sites excluding steroid dienone is 1. The van der Waals surface area contributed by atoms with E-state index in [0.29, 0.717) is 53.4 Å². The van der Waals surface area contributed by atoms with Gasteiger partial charge in [0.15, 0.2) is 5.82 Å². The Morgan fingerprint density at radius 1 is 1.20 bits per heavy atom. The average Bonchev–Trinajstić information content (AvgIpc) is 3.23. The first kappa shape index (κ1) is 22.7. The highest BCUT2D eigenvalue weighted by molar-refractivity contribution is 6.13. The number of rotatable bonds is 7. The van der Waals surface area contributed by atoms with Crippen LogP contribution in [0.3, 0.4) is 0 Å². The molecule has 35 heavy (non-hydrogen) atoms. The van der Waals surface area contributed by atoms with E-state index in [4.69, 9.17) is 21.1 Å². The lowest BCUT2D eigenvalue weighted by atomic mass is 9.60. The van der Waals surface area contributed by atoms with Crippen LogP contribution in [-0.4, -0.2) is 67.0 Å². The molecule has 186 valence electrons. The van der Waals surface area contributed by atoms with Gasteiger partial charge in [-0.1, -0.05) is 6.92 Å². The van der Waals surface area contributed by atoms with Crippen LogP contribution in [0.5, 0.6) is 0 Å². The fourth-order valence-electron chi connectivity index (χ4n) is 7.10. The number of nitrogens with two attached hydrogens (primary N) is 1. The van der Waals surface area contributed by atoms with Gasteiger partial charge in [0.05, 0.1) is 11.8 Å². The van der Waals surface area contributed by atoms with Gasteiger partial charge >= 0.3 is 0 Å². The molecule has 3 aliphatic heterocycles. The van der Waals surface area contributed by atoms with Gasteiger partial charge in [-0.15, -0.1) is 0 Å². The van der Waals surface area contributed by atoms with E-state index in [-0.39, 0.29) is 12.1 Å². The summed E-state index contributed by atoms with van der Waals surface area (Å²) in [7, 11) is 0. The number of nitrogen functional groups attached to an aromatic ring is 1. The van der Waals surface area contributed by atoms with Crippen molar-refractivity contribution >= 4 is 34.5 Å². The lowest BCUT2D eigenvalue weighted by Crippen LogP contribution is -2.80. The maximum absolute atomic E-state index is 9.95. The lowest BCUT2D eigenvalue weighted by molar-refractivity contribution is -0.213. The molecule has 2 unspecified atom stereocenters.